The number of nitrogens with zero attached hydrogens (tertiary/aromatic N) is 2. The molecule has 1 fully saturated rings. The SMILES string of the molecule is NC(=O)NCCN1CCC(O[N+](=O)[O-])CC1. The first kappa shape index (κ1) is 12.5. The van der Waals surface area contributed by atoms with Crippen LogP contribution in [-0.4, -0.2) is 48.3 Å². The molecule has 1 aliphatic heterocycles. The molecule has 1 aliphatic rings. The second-order valence-corrected chi connectivity index (χ2v) is 3.66. The lowest BCUT2D eigenvalue weighted by Crippen LogP contribution is -2.42. The zero-order valence-electron chi connectivity index (χ0n) is 8.92. The molecule has 0 aliphatic carbocycles. The van der Waals surface area contributed by atoms with Gasteiger partial charge in [-0.15, -0.1) is 10.1 Å². The molecule has 0 unspecified atom stereocenters. The zero-order chi connectivity index (χ0) is 12.0. The molecule has 0 aromatic rings. The largest absolute Gasteiger partial charge is 0.352 e. The van der Waals surface area contributed by atoms with Gasteiger partial charge in [0.2, 0.25) is 0 Å². The van der Waals surface area contributed by atoms with Crippen LogP contribution in [-0.2, 0) is 4.84 Å². The second-order valence-electron chi connectivity index (χ2n) is 3.66. The Morgan fingerprint density at radius 3 is 2.69 bits per heavy atom. The van der Waals surface area contributed by atoms with Crippen molar-refractivity contribution < 1.29 is 14.7 Å². The van der Waals surface area contributed by atoms with Gasteiger partial charge in [0.05, 0.1) is 0 Å². The summed E-state index contributed by atoms with van der Waals surface area (Å²) in [5.74, 6) is 0. The molecule has 1 rings (SSSR count). The maximum atomic E-state index is 10.4. The quantitative estimate of drug-likeness (QED) is 0.482. The lowest BCUT2D eigenvalue weighted by Gasteiger charge is -2.30. The van der Waals surface area contributed by atoms with Gasteiger partial charge in [0.1, 0.15) is 6.10 Å². The van der Waals surface area contributed by atoms with E-state index in [0.717, 1.165) is 13.1 Å². The summed E-state index contributed by atoms with van der Waals surface area (Å²) in [7, 11) is 0. The summed E-state index contributed by atoms with van der Waals surface area (Å²) in [6.45, 7) is 2.67. The fourth-order valence-electron chi connectivity index (χ4n) is 1.70. The average Bonchev–Trinajstić information content (AvgIpc) is 2.19. The topological polar surface area (TPSA) is 111 Å². The van der Waals surface area contributed by atoms with Crippen LogP contribution in [0.15, 0.2) is 0 Å². The number of carbonyl (C=O) groups is 1. The number of urea groups is 1. The number of amides is 2. The maximum Gasteiger partial charge on any atom is 0.312 e. The van der Waals surface area contributed by atoms with Crippen LogP contribution in [0.4, 0.5) is 4.79 Å². The number of hydrogen-bond acceptors (Lipinski definition) is 5. The van der Waals surface area contributed by atoms with Gasteiger partial charge in [-0.3, -0.25) is 0 Å². The monoisotopic (exact) mass is 232 g/mol. The van der Waals surface area contributed by atoms with E-state index < -0.39 is 11.1 Å². The van der Waals surface area contributed by atoms with Crippen LogP contribution in [0.1, 0.15) is 12.8 Å². The number of piperidine rings is 1. The summed E-state index contributed by atoms with van der Waals surface area (Å²) in [5, 5.41) is 11.9. The van der Waals surface area contributed by atoms with Crippen molar-refractivity contribution in [3.63, 3.8) is 0 Å². The van der Waals surface area contributed by atoms with Crippen LogP contribution in [0.2, 0.25) is 0 Å². The normalized spacial score (nSPS) is 18.0. The molecule has 0 atom stereocenters. The molecule has 8 nitrogen and oxygen atoms in total. The highest BCUT2D eigenvalue weighted by molar-refractivity contribution is 5.71. The molecule has 3 N–H and O–H groups in total. The van der Waals surface area contributed by atoms with Crippen molar-refractivity contribution in [3.8, 4) is 0 Å². The summed E-state index contributed by atoms with van der Waals surface area (Å²) in [4.78, 5) is 27.1. The summed E-state index contributed by atoms with van der Waals surface area (Å²) >= 11 is 0. The molecule has 92 valence electrons. The van der Waals surface area contributed by atoms with Crippen molar-refractivity contribution in [1.82, 2.24) is 10.2 Å². The Kier molecular flexibility index (Phi) is 4.77. The highest BCUT2D eigenvalue weighted by Gasteiger charge is 2.21. The van der Waals surface area contributed by atoms with Gasteiger partial charge in [0.25, 0.3) is 5.09 Å². The molecular formula is C8H16N4O4. The molecular weight excluding hydrogens is 216 g/mol. The third kappa shape index (κ3) is 4.78. The van der Waals surface area contributed by atoms with Crippen molar-refractivity contribution in [2.45, 2.75) is 18.9 Å². The second kappa shape index (κ2) is 6.11. The molecule has 0 saturated carbocycles. The molecule has 1 saturated heterocycles. The lowest BCUT2D eigenvalue weighted by molar-refractivity contribution is -0.769. The summed E-state index contributed by atoms with van der Waals surface area (Å²) in [6.07, 6.45) is 0.977. The van der Waals surface area contributed by atoms with Gasteiger partial charge in [0, 0.05) is 26.2 Å². The Bertz CT molecular complexity index is 252. The van der Waals surface area contributed by atoms with Crippen molar-refractivity contribution in [1.29, 1.82) is 0 Å². The van der Waals surface area contributed by atoms with Crippen LogP contribution < -0.4 is 11.1 Å². The maximum absolute atomic E-state index is 10.4. The van der Waals surface area contributed by atoms with Gasteiger partial charge < -0.3 is 20.8 Å². The highest BCUT2D eigenvalue weighted by Crippen LogP contribution is 2.12. The number of primary amides is 1. The molecule has 0 aromatic carbocycles. The van der Waals surface area contributed by atoms with E-state index in [1.165, 1.54) is 0 Å². The van der Waals surface area contributed by atoms with Gasteiger partial charge in [-0.05, 0) is 12.8 Å². The van der Waals surface area contributed by atoms with Gasteiger partial charge >= 0.3 is 6.03 Å². The van der Waals surface area contributed by atoms with Crippen molar-refractivity contribution in [2.75, 3.05) is 26.2 Å². The Morgan fingerprint density at radius 2 is 2.19 bits per heavy atom. The van der Waals surface area contributed by atoms with Crippen LogP contribution in [0.3, 0.4) is 0 Å². The summed E-state index contributed by atoms with van der Waals surface area (Å²) < 4.78 is 0. The molecule has 0 bridgehead atoms. The minimum atomic E-state index is -0.741. The van der Waals surface area contributed by atoms with Crippen LogP contribution >= 0.6 is 0 Å². The molecule has 0 aromatic heterocycles. The smallest absolute Gasteiger partial charge is 0.312 e. The molecule has 0 radical (unpaired) electrons. The number of carbonyl (C=O) groups excluding carboxylic acids is 1. The lowest BCUT2D eigenvalue weighted by atomic mass is 10.1. The average molecular weight is 232 g/mol. The van der Waals surface area contributed by atoms with Gasteiger partial charge in [-0.25, -0.2) is 4.79 Å². The van der Waals surface area contributed by atoms with E-state index in [2.05, 4.69) is 15.1 Å². The van der Waals surface area contributed by atoms with Crippen LogP contribution in [0, 0.1) is 10.1 Å². The number of rotatable bonds is 5. The van der Waals surface area contributed by atoms with E-state index in [4.69, 9.17) is 5.73 Å². The third-order valence-electron chi connectivity index (χ3n) is 2.50. The van der Waals surface area contributed by atoms with E-state index in [0.29, 0.717) is 25.9 Å². The third-order valence-corrected chi connectivity index (χ3v) is 2.50. The van der Waals surface area contributed by atoms with Crippen molar-refractivity contribution in [2.24, 2.45) is 5.73 Å². The predicted molar refractivity (Wildman–Crippen MR) is 55.1 cm³/mol. The van der Waals surface area contributed by atoms with Gasteiger partial charge in [-0.2, -0.15) is 0 Å². The Morgan fingerprint density at radius 1 is 1.56 bits per heavy atom. The van der Waals surface area contributed by atoms with Crippen molar-refractivity contribution >= 4 is 6.03 Å². The van der Waals surface area contributed by atoms with E-state index in [9.17, 15) is 14.9 Å². The molecule has 1 heterocycles. The number of nitrogens with one attached hydrogen (secondary N) is 1. The van der Waals surface area contributed by atoms with E-state index >= 15 is 0 Å². The predicted octanol–water partition coefficient (Wildman–Crippen LogP) is -0.673. The van der Waals surface area contributed by atoms with Gasteiger partial charge in [-0.1, -0.05) is 0 Å². The summed E-state index contributed by atoms with van der Waals surface area (Å²) in [5.41, 5.74) is 4.92. The highest BCUT2D eigenvalue weighted by atomic mass is 17.0. The summed E-state index contributed by atoms with van der Waals surface area (Å²) in [6, 6.07) is -0.536. The number of hydrogen-bond donors (Lipinski definition) is 2. The minimum absolute atomic E-state index is 0.296. The first-order valence-corrected chi connectivity index (χ1v) is 5.14. The fraction of sp³-hybridized carbons (Fsp3) is 0.875. The molecule has 0 spiro atoms. The molecule has 8 heteroatoms. The van der Waals surface area contributed by atoms with Crippen molar-refractivity contribution in [3.05, 3.63) is 10.1 Å². The Balaban J connectivity index is 2.12. The Labute approximate surface area is 92.8 Å². The minimum Gasteiger partial charge on any atom is -0.352 e. The van der Waals surface area contributed by atoms with E-state index in [1.807, 2.05) is 0 Å². The van der Waals surface area contributed by atoms with E-state index in [1.54, 1.807) is 0 Å². The van der Waals surface area contributed by atoms with Crippen LogP contribution in [0.5, 0.6) is 0 Å². The van der Waals surface area contributed by atoms with E-state index in [-0.39, 0.29) is 6.10 Å². The Hall–Kier alpha value is -1.57. The first-order chi connectivity index (χ1) is 7.58. The van der Waals surface area contributed by atoms with Crippen LogP contribution in [0.25, 0.3) is 0 Å². The standard InChI is InChI=1S/C8H16N4O4/c9-8(13)10-3-6-11-4-1-7(2-5-11)16-12(14)15/h7H,1-6H2,(H3,9,10,13). The zero-order valence-corrected chi connectivity index (χ0v) is 8.92. The van der Waals surface area contributed by atoms with Gasteiger partial charge in [0.15, 0.2) is 0 Å². The molecule has 2 amide bonds. The first-order valence-electron chi connectivity index (χ1n) is 5.14. The number of likely N-dealkylation sites (tertiary alicyclic amines) is 1. The molecule has 16 heavy (non-hydrogen) atoms. The number of nitrogens with two attached hydrogens (primary N) is 1. The fourth-order valence-corrected chi connectivity index (χ4v) is 1.70.